The molecule has 1 aromatic heterocycles. The van der Waals surface area contributed by atoms with E-state index >= 15 is 0 Å². The maximum Gasteiger partial charge on any atom is 0.275 e. The third kappa shape index (κ3) is 3.68. The van der Waals surface area contributed by atoms with E-state index in [4.69, 9.17) is 10.6 Å². The molecule has 2 rings (SSSR count). The number of benzene rings is 1. The van der Waals surface area contributed by atoms with Crippen molar-refractivity contribution in [3.8, 4) is 5.75 Å². The number of ether oxygens (including phenoxy) is 1. The molecular formula is C13H13IN2O2S. The number of aryl methyl sites for hydroxylation is 1. The van der Waals surface area contributed by atoms with Crippen LogP contribution in [0.3, 0.4) is 0 Å². The standard InChI is InChI=1S/C13H13IN2O2S/c1-8-9(5-12(19-8)13(17)16-15)7-18-11-4-2-3-10(14)6-11/h2-6H,7,15H2,1H3,(H,16,17). The number of nitrogen functional groups attached to an aromatic ring is 1. The molecule has 3 N–H and O–H groups in total. The van der Waals surface area contributed by atoms with Crippen molar-refractivity contribution in [3.63, 3.8) is 0 Å². The van der Waals surface area contributed by atoms with Gasteiger partial charge in [0.2, 0.25) is 0 Å². The summed E-state index contributed by atoms with van der Waals surface area (Å²) in [6.07, 6.45) is 0. The molecule has 0 aliphatic rings. The Kier molecular flexibility index (Phi) is 4.78. The molecule has 0 unspecified atom stereocenters. The molecule has 0 spiro atoms. The van der Waals surface area contributed by atoms with Gasteiger partial charge in [-0.2, -0.15) is 0 Å². The van der Waals surface area contributed by atoms with Crippen LogP contribution in [0, 0.1) is 10.5 Å². The van der Waals surface area contributed by atoms with Gasteiger partial charge >= 0.3 is 0 Å². The highest BCUT2D eigenvalue weighted by molar-refractivity contribution is 14.1. The van der Waals surface area contributed by atoms with E-state index in [1.807, 2.05) is 37.3 Å². The molecule has 4 nitrogen and oxygen atoms in total. The van der Waals surface area contributed by atoms with Crippen LogP contribution in [0.2, 0.25) is 0 Å². The van der Waals surface area contributed by atoms with Gasteiger partial charge in [-0.05, 0) is 53.8 Å². The number of rotatable bonds is 4. The van der Waals surface area contributed by atoms with Crippen LogP contribution in [0.25, 0.3) is 0 Å². The van der Waals surface area contributed by atoms with Gasteiger partial charge in [0.15, 0.2) is 0 Å². The summed E-state index contributed by atoms with van der Waals surface area (Å²) in [5.74, 6) is 5.67. The van der Waals surface area contributed by atoms with E-state index in [-0.39, 0.29) is 5.91 Å². The van der Waals surface area contributed by atoms with Crippen LogP contribution < -0.4 is 16.0 Å². The van der Waals surface area contributed by atoms with Crippen LogP contribution in [0.1, 0.15) is 20.1 Å². The van der Waals surface area contributed by atoms with Crippen LogP contribution in [0.4, 0.5) is 0 Å². The molecule has 1 heterocycles. The summed E-state index contributed by atoms with van der Waals surface area (Å²) in [6, 6.07) is 9.65. The monoisotopic (exact) mass is 388 g/mol. The highest BCUT2D eigenvalue weighted by atomic mass is 127. The minimum Gasteiger partial charge on any atom is -0.489 e. The lowest BCUT2D eigenvalue weighted by molar-refractivity contribution is 0.0957. The number of hydrazine groups is 1. The Morgan fingerprint density at radius 3 is 2.95 bits per heavy atom. The zero-order chi connectivity index (χ0) is 13.8. The van der Waals surface area contributed by atoms with Gasteiger partial charge in [-0.15, -0.1) is 11.3 Å². The molecule has 19 heavy (non-hydrogen) atoms. The van der Waals surface area contributed by atoms with Gasteiger partial charge in [-0.25, -0.2) is 5.84 Å². The van der Waals surface area contributed by atoms with E-state index in [2.05, 4.69) is 28.0 Å². The smallest absolute Gasteiger partial charge is 0.275 e. The highest BCUT2D eigenvalue weighted by Gasteiger charge is 2.11. The second-order valence-electron chi connectivity index (χ2n) is 3.91. The number of nitrogens with two attached hydrogens (primary N) is 1. The normalized spacial score (nSPS) is 10.3. The molecule has 6 heteroatoms. The fourth-order valence-corrected chi connectivity index (χ4v) is 3.01. The first-order valence-electron chi connectivity index (χ1n) is 5.59. The van der Waals surface area contributed by atoms with Gasteiger partial charge in [-0.1, -0.05) is 6.07 Å². The van der Waals surface area contributed by atoms with Crippen LogP contribution >= 0.6 is 33.9 Å². The van der Waals surface area contributed by atoms with E-state index in [9.17, 15) is 4.79 Å². The third-order valence-corrected chi connectivity index (χ3v) is 4.33. The molecule has 0 radical (unpaired) electrons. The second-order valence-corrected chi connectivity index (χ2v) is 6.41. The number of hydrogen-bond donors (Lipinski definition) is 2. The van der Waals surface area contributed by atoms with Crippen LogP contribution in [-0.2, 0) is 6.61 Å². The van der Waals surface area contributed by atoms with Crippen molar-refractivity contribution in [2.24, 2.45) is 5.84 Å². The van der Waals surface area contributed by atoms with Crippen LogP contribution in [0.15, 0.2) is 30.3 Å². The first-order chi connectivity index (χ1) is 9.10. The Labute approximate surface area is 129 Å². The lowest BCUT2D eigenvalue weighted by Gasteiger charge is -2.05. The maximum absolute atomic E-state index is 11.4. The number of amides is 1. The molecule has 0 aliphatic heterocycles. The van der Waals surface area contributed by atoms with Crippen molar-refractivity contribution in [2.45, 2.75) is 13.5 Å². The Morgan fingerprint density at radius 2 is 2.26 bits per heavy atom. The zero-order valence-electron chi connectivity index (χ0n) is 10.3. The molecule has 0 bridgehead atoms. The predicted octanol–water partition coefficient (Wildman–Crippen LogP) is 2.84. The van der Waals surface area contributed by atoms with E-state index < -0.39 is 0 Å². The number of hydrogen-bond acceptors (Lipinski definition) is 4. The molecule has 1 amide bonds. The van der Waals surface area contributed by atoms with E-state index in [0.717, 1.165) is 19.8 Å². The van der Waals surface area contributed by atoms with Gasteiger partial charge in [0, 0.05) is 14.0 Å². The summed E-state index contributed by atoms with van der Waals surface area (Å²) >= 11 is 3.65. The quantitative estimate of drug-likeness (QED) is 0.367. The Balaban J connectivity index is 2.07. The molecule has 0 aliphatic carbocycles. The SMILES string of the molecule is Cc1sc(C(=O)NN)cc1COc1cccc(I)c1. The number of carbonyl (C=O) groups excluding carboxylic acids is 1. The van der Waals surface area contributed by atoms with Crippen LogP contribution in [0.5, 0.6) is 5.75 Å². The van der Waals surface area contributed by atoms with Crippen molar-refractivity contribution in [1.29, 1.82) is 0 Å². The molecule has 0 atom stereocenters. The van der Waals surface area contributed by atoms with Crippen molar-refractivity contribution in [2.75, 3.05) is 0 Å². The van der Waals surface area contributed by atoms with E-state index in [1.165, 1.54) is 11.3 Å². The molecular weight excluding hydrogens is 375 g/mol. The number of nitrogens with one attached hydrogen (secondary N) is 1. The Hall–Kier alpha value is -1.12. The van der Waals surface area contributed by atoms with Crippen molar-refractivity contribution in [1.82, 2.24) is 5.43 Å². The average molecular weight is 388 g/mol. The summed E-state index contributed by atoms with van der Waals surface area (Å²) in [6.45, 7) is 2.41. The van der Waals surface area contributed by atoms with Crippen LogP contribution in [-0.4, -0.2) is 5.91 Å². The van der Waals surface area contributed by atoms with Gasteiger partial charge in [-0.3, -0.25) is 10.2 Å². The van der Waals surface area contributed by atoms with Gasteiger partial charge in [0.1, 0.15) is 12.4 Å². The highest BCUT2D eigenvalue weighted by Crippen LogP contribution is 2.23. The first kappa shape index (κ1) is 14.3. The molecule has 2 aromatic rings. The lowest BCUT2D eigenvalue weighted by Crippen LogP contribution is -2.29. The summed E-state index contributed by atoms with van der Waals surface area (Å²) in [4.78, 5) is 13.1. The largest absolute Gasteiger partial charge is 0.489 e. The van der Waals surface area contributed by atoms with Gasteiger partial charge < -0.3 is 4.74 Å². The number of halogens is 1. The van der Waals surface area contributed by atoms with E-state index in [1.54, 1.807) is 0 Å². The summed E-state index contributed by atoms with van der Waals surface area (Å²) in [5, 5.41) is 0. The predicted molar refractivity (Wildman–Crippen MR) is 84.2 cm³/mol. The van der Waals surface area contributed by atoms with E-state index in [0.29, 0.717) is 11.5 Å². The summed E-state index contributed by atoms with van der Waals surface area (Å²) in [5.41, 5.74) is 3.14. The molecule has 0 fully saturated rings. The van der Waals surface area contributed by atoms with Crippen molar-refractivity contribution in [3.05, 3.63) is 49.2 Å². The first-order valence-corrected chi connectivity index (χ1v) is 7.48. The number of thiophene rings is 1. The molecule has 1 aromatic carbocycles. The maximum atomic E-state index is 11.4. The summed E-state index contributed by atoms with van der Waals surface area (Å²) < 4.78 is 6.84. The minimum atomic E-state index is -0.270. The van der Waals surface area contributed by atoms with Crippen molar-refractivity contribution < 1.29 is 9.53 Å². The fourth-order valence-electron chi connectivity index (χ4n) is 1.56. The Morgan fingerprint density at radius 1 is 1.47 bits per heavy atom. The second kappa shape index (κ2) is 6.36. The van der Waals surface area contributed by atoms with Gasteiger partial charge in [0.05, 0.1) is 4.88 Å². The minimum absolute atomic E-state index is 0.270. The average Bonchev–Trinajstić information content (AvgIpc) is 2.77. The molecule has 100 valence electrons. The molecule has 0 saturated carbocycles. The molecule has 0 saturated heterocycles. The topological polar surface area (TPSA) is 64.4 Å². The fraction of sp³-hybridized carbons (Fsp3) is 0.154. The Bertz CT molecular complexity index is 598. The zero-order valence-corrected chi connectivity index (χ0v) is 13.2. The number of carbonyl (C=O) groups is 1. The van der Waals surface area contributed by atoms with Crippen molar-refractivity contribution >= 4 is 39.8 Å². The lowest BCUT2D eigenvalue weighted by atomic mass is 10.2. The van der Waals surface area contributed by atoms with Gasteiger partial charge in [0.25, 0.3) is 5.91 Å². The third-order valence-electron chi connectivity index (χ3n) is 2.57. The summed E-state index contributed by atoms with van der Waals surface area (Å²) in [7, 11) is 0.